The van der Waals surface area contributed by atoms with Crippen molar-refractivity contribution in [2.75, 3.05) is 0 Å². The Morgan fingerprint density at radius 3 is 2.33 bits per heavy atom. The molecule has 0 aliphatic rings. The zero-order valence-electron chi connectivity index (χ0n) is 10.5. The Balaban J connectivity index is 3.32. The molecule has 2 unspecified atom stereocenters. The Hall–Kier alpha value is -1.80. The van der Waals surface area contributed by atoms with E-state index < -0.39 is 40.9 Å². The molecular weight excluding hydrogens is 317 g/mol. The molecule has 0 aromatic heterocycles. The van der Waals surface area contributed by atoms with Gasteiger partial charge >= 0.3 is 12.3 Å². The molecule has 116 valence electrons. The van der Waals surface area contributed by atoms with E-state index in [0.717, 1.165) is 12.1 Å². The highest BCUT2D eigenvalue weighted by Crippen LogP contribution is 2.32. The van der Waals surface area contributed by atoms with Crippen molar-refractivity contribution < 1.29 is 37.7 Å². The second-order valence-corrected chi connectivity index (χ2v) is 4.68. The molecular formula is C12H10ClF3O5. The number of aliphatic hydroxyl groups excluding tert-OH is 1. The van der Waals surface area contributed by atoms with E-state index in [1.165, 1.54) is 6.92 Å². The van der Waals surface area contributed by atoms with Crippen LogP contribution in [0.2, 0.25) is 0 Å². The van der Waals surface area contributed by atoms with Crippen molar-refractivity contribution in [2.45, 2.75) is 24.8 Å². The Morgan fingerprint density at radius 1 is 1.33 bits per heavy atom. The molecule has 0 spiro atoms. The molecule has 0 bridgehead atoms. The number of ether oxygens (including phenoxy) is 1. The lowest BCUT2D eigenvalue weighted by Gasteiger charge is -2.16. The third-order valence-corrected chi connectivity index (χ3v) is 2.61. The quantitative estimate of drug-likeness (QED) is 0.641. The van der Waals surface area contributed by atoms with E-state index >= 15 is 0 Å². The maximum atomic E-state index is 12.3. The Morgan fingerprint density at radius 2 is 1.90 bits per heavy atom. The predicted molar refractivity (Wildman–Crippen MR) is 65.4 cm³/mol. The maximum Gasteiger partial charge on any atom is 0.573 e. The van der Waals surface area contributed by atoms with Crippen molar-refractivity contribution in [1.29, 1.82) is 0 Å². The van der Waals surface area contributed by atoms with Gasteiger partial charge in [-0.05, 0) is 13.0 Å². The number of hydrogen-bond acceptors (Lipinski definition) is 4. The van der Waals surface area contributed by atoms with Crippen LogP contribution in [0.25, 0.3) is 0 Å². The van der Waals surface area contributed by atoms with Gasteiger partial charge in [-0.15, -0.1) is 24.8 Å². The van der Waals surface area contributed by atoms with Crippen LogP contribution in [0.15, 0.2) is 18.2 Å². The largest absolute Gasteiger partial charge is 0.573 e. The van der Waals surface area contributed by atoms with E-state index in [9.17, 15) is 27.9 Å². The normalized spacial score (nSPS) is 14.4. The highest BCUT2D eigenvalue weighted by Gasteiger charge is 2.34. The SMILES string of the molecule is CC(Cl)C(=O)c1ccc(C(O)C(=O)O)c(OC(F)(F)F)c1. The summed E-state index contributed by atoms with van der Waals surface area (Å²) in [6, 6.07) is 2.62. The van der Waals surface area contributed by atoms with Gasteiger partial charge < -0.3 is 14.9 Å². The summed E-state index contributed by atoms with van der Waals surface area (Å²) >= 11 is 5.54. The van der Waals surface area contributed by atoms with Crippen LogP contribution in [0.3, 0.4) is 0 Å². The number of hydrogen-bond donors (Lipinski definition) is 2. The van der Waals surface area contributed by atoms with Gasteiger partial charge in [0.2, 0.25) is 0 Å². The van der Waals surface area contributed by atoms with Crippen LogP contribution in [-0.4, -0.2) is 33.7 Å². The number of Topliss-reactive ketones (excluding diaryl/α,β-unsaturated/α-hetero) is 1. The summed E-state index contributed by atoms with van der Waals surface area (Å²) in [7, 11) is 0. The van der Waals surface area contributed by atoms with Gasteiger partial charge in [-0.1, -0.05) is 12.1 Å². The summed E-state index contributed by atoms with van der Waals surface area (Å²) in [5.41, 5.74) is -0.823. The van der Waals surface area contributed by atoms with Crippen LogP contribution in [-0.2, 0) is 4.79 Å². The number of halogens is 4. The van der Waals surface area contributed by atoms with Gasteiger partial charge in [0, 0.05) is 11.1 Å². The average Bonchev–Trinajstić information content (AvgIpc) is 2.34. The molecule has 1 rings (SSSR count). The fourth-order valence-corrected chi connectivity index (χ4v) is 1.62. The minimum absolute atomic E-state index is 0.196. The Bertz CT molecular complexity index is 556. The summed E-state index contributed by atoms with van der Waals surface area (Å²) in [5, 5.41) is 17.0. The number of carbonyl (C=O) groups is 2. The summed E-state index contributed by atoms with van der Waals surface area (Å²) in [6.07, 6.45) is -7.33. The fourth-order valence-electron chi connectivity index (χ4n) is 1.49. The molecule has 9 heteroatoms. The standard InChI is InChI=1S/C12H10ClF3O5/c1-5(13)9(17)6-2-3-7(10(18)11(19)20)8(4-6)21-12(14,15)16/h2-5,10,18H,1H3,(H,19,20). The van der Waals surface area contributed by atoms with Gasteiger partial charge in [0.15, 0.2) is 11.9 Å². The highest BCUT2D eigenvalue weighted by molar-refractivity contribution is 6.33. The first-order valence-electron chi connectivity index (χ1n) is 5.51. The minimum Gasteiger partial charge on any atom is -0.479 e. The van der Waals surface area contributed by atoms with Crippen LogP contribution in [0.4, 0.5) is 13.2 Å². The van der Waals surface area contributed by atoms with Crippen molar-refractivity contribution in [3.8, 4) is 5.75 Å². The van der Waals surface area contributed by atoms with Gasteiger partial charge in [-0.3, -0.25) is 4.79 Å². The van der Waals surface area contributed by atoms with E-state index in [0.29, 0.717) is 6.07 Å². The zero-order valence-corrected chi connectivity index (χ0v) is 11.3. The lowest BCUT2D eigenvalue weighted by molar-refractivity contribution is -0.275. The predicted octanol–water partition coefficient (Wildman–Crippen LogP) is 2.51. The zero-order chi connectivity index (χ0) is 16.4. The van der Waals surface area contributed by atoms with Crippen LogP contribution >= 0.6 is 11.6 Å². The molecule has 1 aromatic carbocycles. The van der Waals surface area contributed by atoms with Crippen molar-refractivity contribution in [1.82, 2.24) is 0 Å². The molecule has 0 aliphatic heterocycles. The Labute approximate surface area is 121 Å². The van der Waals surface area contributed by atoms with Crippen molar-refractivity contribution in [3.05, 3.63) is 29.3 Å². The molecule has 2 N–H and O–H groups in total. The number of carboxylic acids is 1. The van der Waals surface area contributed by atoms with Gasteiger partial charge in [-0.25, -0.2) is 4.79 Å². The molecule has 0 radical (unpaired) electrons. The summed E-state index contributed by atoms with van der Waals surface area (Å²) in [5.74, 6) is -3.40. The molecule has 0 amide bonds. The number of carboxylic acid groups (broad SMARTS) is 1. The van der Waals surface area contributed by atoms with E-state index in [-0.39, 0.29) is 5.56 Å². The highest BCUT2D eigenvalue weighted by atomic mass is 35.5. The van der Waals surface area contributed by atoms with E-state index in [1.54, 1.807) is 0 Å². The maximum absolute atomic E-state index is 12.3. The van der Waals surface area contributed by atoms with E-state index in [4.69, 9.17) is 16.7 Å². The first kappa shape index (κ1) is 17.3. The second-order valence-electron chi connectivity index (χ2n) is 4.02. The van der Waals surface area contributed by atoms with E-state index in [2.05, 4.69) is 4.74 Å². The number of aliphatic carboxylic acids is 1. The van der Waals surface area contributed by atoms with Crippen LogP contribution < -0.4 is 4.74 Å². The second kappa shape index (κ2) is 6.31. The summed E-state index contributed by atoms with van der Waals surface area (Å²) in [4.78, 5) is 22.3. The molecule has 21 heavy (non-hydrogen) atoms. The first-order chi connectivity index (χ1) is 9.53. The summed E-state index contributed by atoms with van der Waals surface area (Å²) in [6.45, 7) is 1.33. The van der Waals surface area contributed by atoms with E-state index in [1.807, 2.05) is 0 Å². The fraction of sp³-hybridized carbons (Fsp3) is 0.333. The molecule has 0 saturated carbocycles. The van der Waals surface area contributed by atoms with Crippen LogP contribution in [0.1, 0.15) is 28.9 Å². The number of aliphatic hydroxyl groups is 1. The van der Waals surface area contributed by atoms with Crippen LogP contribution in [0.5, 0.6) is 5.75 Å². The topological polar surface area (TPSA) is 83.8 Å². The molecule has 0 aliphatic carbocycles. The van der Waals surface area contributed by atoms with Gasteiger partial charge in [0.25, 0.3) is 0 Å². The van der Waals surface area contributed by atoms with Gasteiger partial charge in [0.1, 0.15) is 5.75 Å². The number of rotatable bonds is 5. The number of carbonyl (C=O) groups excluding carboxylic acids is 1. The lowest BCUT2D eigenvalue weighted by Crippen LogP contribution is -2.21. The third-order valence-electron chi connectivity index (χ3n) is 2.41. The third kappa shape index (κ3) is 4.61. The molecule has 0 heterocycles. The number of benzene rings is 1. The lowest BCUT2D eigenvalue weighted by atomic mass is 10.0. The Kier molecular flexibility index (Phi) is 5.19. The molecule has 2 atom stereocenters. The smallest absolute Gasteiger partial charge is 0.479 e. The molecule has 5 nitrogen and oxygen atoms in total. The molecule has 0 saturated heterocycles. The first-order valence-corrected chi connectivity index (χ1v) is 5.95. The minimum atomic E-state index is -5.11. The molecule has 0 fully saturated rings. The van der Waals surface area contributed by atoms with Gasteiger partial charge in [0.05, 0.1) is 5.38 Å². The van der Waals surface area contributed by atoms with Crippen molar-refractivity contribution in [3.63, 3.8) is 0 Å². The van der Waals surface area contributed by atoms with Crippen molar-refractivity contribution >= 4 is 23.4 Å². The van der Waals surface area contributed by atoms with Crippen molar-refractivity contribution in [2.24, 2.45) is 0 Å². The van der Waals surface area contributed by atoms with Gasteiger partial charge in [-0.2, -0.15) is 0 Å². The monoisotopic (exact) mass is 326 g/mol. The number of alkyl halides is 4. The summed E-state index contributed by atoms with van der Waals surface area (Å²) < 4.78 is 40.6. The van der Waals surface area contributed by atoms with Crippen LogP contribution in [0, 0.1) is 0 Å². The number of ketones is 1. The average molecular weight is 327 g/mol. The molecule has 1 aromatic rings.